The molecular formula is C14H13Br2NO. The van der Waals surface area contributed by atoms with Gasteiger partial charge in [0.2, 0.25) is 0 Å². The molecule has 0 saturated heterocycles. The fourth-order valence-corrected chi connectivity index (χ4v) is 2.20. The third-order valence-corrected chi connectivity index (χ3v) is 4.12. The number of aliphatic hydroxyl groups excluding tert-OH is 1. The van der Waals surface area contributed by atoms with Crippen LogP contribution < -0.4 is 0 Å². The van der Waals surface area contributed by atoms with Crippen LogP contribution >= 0.6 is 31.9 Å². The Hall–Kier alpha value is -0.710. The van der Waals surface area contributed by atoms with E-state index in [4.69, 9.17) is 0 Å². The van der Waals surface area contributed by atoms with Crippen molar-refractivity contribution >= 4 is 31.9 Å². The number of hydrogen-bond acceptors (Lipinski definition) is 2. The predicted molar refractivity (Wildman–Crippen MR) is 79.5 cm³/mol. The number of benzene rings is 1. The third kappa shape index (κ3) is 3.40. The van der Waals surface area contributed by atoms with Gasteiger partial charge in [-0.25, -0.2) is 0 Å². The second-order valence-electron chi connectivity index (χ2n) is 4.20. The summed E-state index contributed by atoms with van der Waals surface area (Å²) >= 11 is 6.80. The van der Waals surface area contributed by atoms with Crippen LogP contribution in [0, 0.1) is 6.92 Å². The van der Waals surface area contributed by atoms with Crippen LogP contribution in [0.5, 0.6) is 0 Å². The number of nitrogens with zero attached hydrogens (tertiary/aromatic N) is 1. The van der Waals surface area contributed by atoms with Crippen molar-refractivity contribution in [1.29, 1.82) is 0 Å². The average molecular weight is 371 g/mol. The molecule has 1 heterocycles. The maximum absolute atomic E-state index is 10.2. The van der Waals surface area contributed by atoms with Crippen LogP contribution in [0.15, 0.2) is 45.5 Å². The molecule has 4 heteroatoms. The van der Waals surface area contributed by atoms with Gasteiger partial charge in [0.1, 0.15) is 0 Å². The summed E-state index contributed by atoms with van der Waals surface area (Å²) in [5.74, 6) is 0. The lowest BCUT2D eigenvalue weighted by Crippen LogP contribution is -2.03. The van der Waals surface area contributed by atoms with Gasteiger partial charge in [-0.3, -0.25) is 4.98 Å². The highest BCUT2D eigenvalue weighted by molar-refractivity contribution is 9.10. The molecule has 0 saturated carbocycles. The molecule has 1 N–H and O–H groups in total. The van der Waals surface area contributed by atoms with Crippen molar-refractivity contribution < 1.29 is 5.11 Å². The Morgan fingerprint density at radius 3 is 2.61 bits per heavy atom. The molecule has 0 aliphatic heterocycles. The highest BCUT2D eigenvalue weighted by Gasteiger charge is 2.10. The molecule has 2 nitrogen and oxygen atoms in total. The fourth-order valence-electron chi connectivity index (χ4n) is 1.72. The Balaban J connectivity index is 2.13. The van der Waals surface area contributed by atoms with E-state index in [0.717, 1.165) is 25.8 Å². The second-order valence-corrected chi connectivity index (χ2v) is 5.97. The number of pyridine rings is 1. The van der Waals surface area contributed by atoms with Gasteiger partial charge in [0, 0.05) is 27.3 Å². The molecule has 1 atom stereocenters. The molecule has 0 radical (unpaired) electrons. The number of hydrogen-bond donors (Lipinski definition) is 1. The molecule has 94 valence electrons. The second kappa shape index (κ2) is 5.95. The van der Waals surface area contributed by atoms with Gasteiger partial charge in [0.05, 0.1) is 6.10 Å². The fraction of sp³-hybridized carbons (Fsp3) is 0.214. The number of aliphatic hydroxyl groups is 1. The molecule has 2 aromatic rings. The monoisotopic (exact) mass is 369 g/mol. The highest BCUT2D eigenvalue weighted by atomic mass is 79.9. The Labute approximate surface area is 123 Å². The zero-order chi connectivity index (χ0) is 13.1. The minimum Gasteiger partial charge on any atom is -0.388 e. The van der Waals surface area contributed by atoms with Crippen molar-refractivity contribution in [3.05, 3.63) is 62.3 Å². The smallest absolute Gasteiger partial charge is 0.0845 e. The van der Waals surface area contributed by atoms with Crippen molar-refractivity contribution in [1.82, 2.24) is 4.98 Å². The van der Waals surface area contributed by atoms with Crippen LogP contribution in [-0.4, -0.2) is 10.1 Å². The molecule has 0 spiro atoms. The summed E-state index contributed by atoms with van der Waals surface area (Å²) in [6.07, 6.45) is 1.74. The first-order chi connectivity index (χ1) is 8.56. The standard InChI is InChI=1S/C14H13Br2NO/c1-9-6-10(2-5-13(9)16)14(18)7-12-4-3-11(15)8-17-12/h2-6,8,14,18H,7H2,1H3. The molecular weight excluding hydrogens is 358 g/mol. The highest BCUT2D eigenvalue weighted by Crippen LogP contribution is 2.23. The van der Waals surface area contributed by atoms with E-state index >= 15 is 0 Å². The van der Waals surface area contributed by atoms with E-state index in [0.29, 0.717) is 6.42 Å². The van der Waals surface area contributed by atoms with Crippen LogP contribution in [0.3, 0.4) is 0 Å². The number of halogens is 2. The van der Waals surface area contributed by atoms with E-state index in [2.05, 4.69) is 36.8 Å². The lowest BCUT2D eigenvalue weighted by Gasteiger charge is -2.12. The van der Waals surface area contributed by atoms with Crippen LogP contribution in [0.1, 0.15) is 22.9 Å². The van der Waals surface area contributed by atoms with E-state index < -0.39 is 6.10 Å². The molecule has 1 unspecified atom stereocenters. The Kier molecular flexibility index (Phi) is 4.54. The summed E-state index contributed by atoms with van der Waals surface area (Å²) in [5.41, 5.74) is 2.92. The van der Waals surface area contributed by atoms with Crippen LogP contribution in [-0.2, 0) is 6.42 Å². The van der Waals surface area contributed by atoms with Gasteiger partial charge in [-0.05, 0) is 52.2 Å². The quantitative estimate of drug-likeness (QED) is 0.878. The average Bonchev–Trinajstić information content (AvgIpc) is 2.35. The summed E-state index contributed by atoms with van der Waals surface area (Å²) in [5, 5.41) is 10.2. The van der Waals surface area contributed by atoms with Crippen molar-refractivity contribution in [2.75, 3.05) is 0 Å². The molecule has 1 aromatic heterocycles. The predicted octanol–water partition coefficient (Wildman–Crippen LogP) is 4.19. The molecule has 0 bridgehead atoms. The molecule has 0 aliphatic rings. The Morgan fingerprint density at radius 2 is 2.00 bits per heavy atom. The van der Waals surface area contributed by atoms with E-state index in [-0.39, 0.29) is 0 Å². The first-order valence-electron chi connectivity index (χ1n) is 5.61. The molecule has 2 rings (SSSR count). The minimum absolute atomic E-state index is 0.522. The van der Waals surface area contributed by atoms with Gasteiger partial charge in [-0.15, -0.1) is 0 Å². The summed E-state index contributed by atoms with van der Waals surface area (Å²) in [7, 11) is 0. The lowest BCUT2D eigenvalue weighted by molar-refractivity contribution is 0.177. The van der Waals surface area contributed by atoms with E-state index in [9.17, 15) is 5.11 Å². The number of rotatable bonds is 3. The van der Waals surface area contributed by atoms with Gasteiger partial charge >= 0.3 is 0 Å². The SMILES string of the molecule is Cc1cc(C(O)Cc2ccc(Br)cn2)ccc1Br. The van der Waals surface area contributed by atoms with Gasteiger partial charge in [-0.1, -0.05) is 28.1 Å². The first kappa shape index (κ1) is 13.7. The summed E-state index contributed by atoms with van der Waals surface area (Å²) < 4.78 is 2.00. The summed E-state index contributed by atoms with van der Waals surface area (Å²) in [6, 6.07) is 9.73. The molecule has 0 aliphatic carbocycles. The first-order valence-corrected chi connectivity index (χ1v) is 7.19. The zero-order valence-corrected chi connectivity index (χ0v) is 13.1. The Morgan fingerprint density at radius 1 is 1.22 bits per heavy atom. The third-order valence-electron chi connectivity index (χ3n) is 2.76. The van der Waals surface area contributed by atoms with E-state index in [1.165, 1.54) is 0 Å². The molecule has 0 fully saturated rings. The van der Waals surface area contributed by atoms with Gasteiger partial charge < -0.3 is 5.11 Å². The maximum Gasteiger partial charge on any atom is 0.0845 e. The number of aryl methyl sites for hydroxylation is 1. The molecule has 18 heavy (non-hydrogen) atoms. The van der Waals surface area contributed by atoms with Gasteiger partial charge in [0.15, 0.2) is 0 Å². The van der Waals surface area contributed by atoms with Crippen LogP contribution in [0.25, 0.3) is 0 Å². The number of aromatic nitrogens is 1. The zero-order valence-electron chi connectivity index (χ0n) is 9.90. The van der Waals surface area contributed by atoms with Crippen LogP contribution in [0.2, 0.25) is 0 Å². The van der Waals surface area contributed by atoms with E-state index in [1.54, 1.807) is 6.20 Å². The maximum atomic E-state index is 10.2. The molecule has 0 amide bonds. The normalized spacial score (nSPS) is 12.4. The molecule has 1 aromatic carbocycles. The summed E-state index contributed by atoms with van der Waals surface area (Å²) in [4.78, 5) is 4.27. The van der Waals surface area contributed by atoms with Crippen LogP contribution in [0.4, 0.5) is 0 Å². The van der Waals surface area contributed by atoms with Crippen molar-refractivity contribution in [3.63, 3.8) is 0 Å². The van der Waals surface area contributed by atoms with Crippen molar-refractivity contribution in [2.24, 2.45) is 0 Å². The summed E-state index contributed by atoms with van der Waals surface area (Å²) in [6.45, 7) is 2.01. The topological polar surface area (TPSA) is 33.1 Å². The lowest BCUT2D eigenvalue weighted by atomic mass is 10.0. The van der Waals surface area contributed by atoms with Gasteiger partial charge in [-0.2, -0.15) is 0 Å². The Bertz CT molecular complexity index is 540. The largest absolute Gasteiger partial charge is 0.388 e. The van der Waals surface area contributed by atoms with Crippen molar-refractivity contribution in [2.45, 2.75) is 19.4 Å². The van der Waals surface area contributed by atoms with E-state index in [1.807, 2.05) is 37.3 Å². The van der Waals surface area contributed by atoms with Gasteiger partial charge in [0.25, 0.3) is 0 Å². The van der Waals surface area contributed by atoms with Crippen molar-refractivity contribution in [3.8, 4) is 0 Å². The minimum atomic E-state index is -0.523.